The number of halogens is 1. The zero-order chi connectivity index (χ0) is 12.6. The summed E-state index contributed by atoms with van der Waals surface area (Å²) < 4.78 is 10.4. The molecule has 4 nitrogen and oxygen atoms in total. The Morgan fingerprint density at radius 3 is 2.53 bits per heavy atom. The maximum absolute atomic E-state index is 12.0. The van der Waals surface area contributed by atoms with E-state index in [-0.39, 0.29) is 5.43 Å². The molecule has 0 bridgehead atoms. The van der Waals surface area contributed by atoms with Gasteiger partial charge in [-0.1, -0.05) is 11.6 Å². The number of nitrogens with one attached hydrogen (secondary N) is 1. The van der Waals surface area contributed by atoms with Crippen LogP contribution >= 0.6 is 11.6 Å². The van der Waals surface area contributed by atoms with Crippen molar-refractivity contribution >= 4 is 22.5 Å². The van der Waals surface area contributed by atoms with Gasteiger partial charge in [0.1, 0.15) is 5.75 Å². The number of ether oxygens (including phenoxy) is 2. The molecule has 1 aromatic heterocycles. The fourth-order valence-corrected chi connectivity index (χ4v) is 2.10. The van der Waals surface area contributed by atoms with Crippen molar-refractivity contribution < 1.29 is 9.47 Å². The van der Waals surface area contributed by atoms with Gasteiger partial charge in [-0.2, -0.15) is 0 Å². The molecule has 0 fully saturated rings. The zero-order valence-electron chi connectivity index (χ0n) is 9.76. The van der Waals surface area contributed by atoms with Crippen LogP contribution in [-0.4, -0.2) is 19.2 Å². The van der Waals surface area contributed by atoms with Crippen LogP contribution in [0.2, 0.25) is 5.02 Å². The molecule has 5 heteroatoms. The van der Waals surface area contributed by atoms with E-state index in [2.05, 4.69) is 4.98 Å². The quantitative estimate of drug-likeness (QED) is 0.895. The number of hydrogen-bond acceptors (Lipinski definition) is 3. The maximum Gasteiger partial charge on any atom is 0.193 e. The van der Waals surface area contributed by atoms with Crippen LogP contribution in [0.15, 0.2) is 16.9 Å². The van der Waals surface area contributed by atoms with Crippen LogP contribution < -0.4 is 14.9 Å². The number of fused-ring (bicyclic) bond motifs is 1. The molecule has 2 aromatic rings. The van der Waals surface area contributed by atoms with Crippen LogP contribution in [0.25, 0.3) is 10.9 Å². The lowest BCUT2D eigenvalue weighted by Gasteiger charge is -2.11. The Balaban J connectivity index is 3.02. The van der Waals surface area contributed by atoms with Crippen molar-refractivity contribution in [3.63, 3.8) is 0 Å². The average Bonchev–Trinajstić information content (AvgIpc) is 2.28. The van der Waals surface area contributed by atoms with Gasteiger partial charge in [-0.15, -0.1) is 0 Å². The second kappa shape index (κ2) is 4.30. The van der Waals surface area contributed by atoms with E-state index >= 15 is 0 Å². The van der Waals surface area contributed by atoms with Gasteiger partial charge in [-0.05, 0) is 6.92 Å². The number of hydrogen-bond donors (Lipinski definition) is 1. The van der Waals surface area contributed by atoms with Crippen molar-refractivity contribution in [2.45, 2.75) is 6.92 Å². The molecule has 0 unspecified atom stereocenters. The second-order valence-electron chi connectivity index (χ2n) is 3.66. The highest BCUT2D eigenvalue weighted by Crippen LogP contribution is 2.36. The molecular formula is C12H12ClNO3. The molecule has 0 aliphatic rings. The summed E-state index contributed by atoms with van der Waals surface area (Å²) in [5.74, 6) is 0.885. The molecule has 0 atom stereocenters. The first-order chi connectivity index (χ1) is 8.08. The minimum Gasteiger partial charge on any atom is -0.494 e. The van der Waals surface area contributed by atoms with E-state index in [9.17, 15) is 4.79 Å². The minimum atomic E-state index is -0.145. The van der Waals surface area contributed by atoms with E-state index in [1.165, 1.54) is 20.3 Å². The average molecular weight is 254 g/mol. The van der Waals surface area contributed by atoms with E-state index in [0.29, 0.717) is 27.4 Å². The largest absolute Gasteiger partial charge is 0.494 e. The summed E-state index contributed by atoms with van der Waals surface area (Å²) >= 11 is 6.04. The fourth-order valence-electron chi connectivity index (χ4n) is 1.83. The van der Waals surface area contributed by atoms with Crippen LogP contribution in [0, 0.1) is 6.92 Å². The minimum absolute atomic E-state index is 0.145. The van der Waals surface area contributed by atoms with Gasteiger partial charge < -0.3 is 14.5 Å². The Hall–Kier alpha value is -1.68. The van der Waals surface area contributed by atoms with Crippen LogP contribution in [0.4, 0.5) is 0 Å². The number of aromatic nitrogens is 1. The molecule has 0 saturated carbocycles. The molecule has 1 heterocycles. The van der Waals surface area contributed by atoms with Crippen molar-refractivity contribution in [2.24, 2.45) is 0 Å². The van der Waals surface area contributed by atoms with Gasteiger partial charge >= 0.3 is 0 Å². The highest BCUT2D eigenvalue weighted by atomic mass is 35.5. The zero-order valence-corrected chi connectivity index (χ0v) is 10.5. The lowest BCUT2D eigenvalue weighted by Crippen LogP contribution is -2.06. The van der Waals surface area contributed by atoms with Gasteiger partial charge in [-0.25, -0.2) is 0 Å². The Kier molecular flexibility index (Phi) is 2.98. The summed E-state index contributed by atoms with van der Waals surface area (Å²) in [6, 6.07) is 3.12. The van der Waals surface area contributed by atoms with Gasteiger partial charge in [0.25, 0.3) is 0 Å². The number of H-pyrrole nitrogens is 1. The standard InChI is InChI=1S/C12H12ClNO3/c1-6-4-8(15)10-11(14-6)9(16-2)5-7(13)12(10)17-3/h4-5H,1-3H3,(H,14,15). The SMILES string of the molecule is COc1cc(Cl)c(OC)c2c(=O)cc(C)[nH]c12. The summed E-state index contributed by atoms with van der Waals surface area (Å²) in [5, 5.41) is 0.758. The van der Waals surface area contributed by atoms with E-state index in [4.69, 9.17) is 21.1 Å². The van der Waals surface area contributed by atoms with Gasteiger partial charge in [0, 0.05) is 17.8 Å². The summed E-state index contributed by atoms with van der Waals surface area (Å²) in [6.07, 6.45) is 0. The molecule has 0 amide bonds. The highest BCUT2D eigenvalue weighted by molar-refractivity contribution is 6.33. The molecule has 1 aromatic carbocycles. The number of pyridine rings is 1. The molecule has 0 radical (unpaired) electrons. The number of benzene rings is 1. The normalized spacial score (nSPS) is 10.6. The van der Waals surface area contributed by atoms with Gasteiger partial charge in [-0.3, -0.25) is 4.79 Å². The first kappa shape index (κ1) is 11.8. The molecule has 0 aliphatic heterocycles. The summed E-state index contributed by atoms with van der Waals surface area (Å²) in [7, 11) is 3.00. The van der Waals surface area contributed by atoms with Gasteiger partial charge in [0.15, 0.2) is 11.2 Å². The summed E-state index contributed by atoms with van der Waals surface area (Å²) in [5.41, 5.74) is 1.21. The first-order valence-corrected chi connectivity index (χ1v) is 5.40. The number of aromatic amines is 1. The molecule has 17 heavy (non-hydrogen) atoms. The van der Waals surface area contributed by atoms with E-state index in [1.807, 2.05) is 0 Å². The number of rotatable bonds is 2. The predicted molar refractivity (Wildman–Crippen MR) is 67.4 cm³/mol. The number of aryl methyl sites for hydroxylation is 1. The smallest absolute Gasteiger partial charge is 0.193 e. The molecule has 1 N–H and O–H groups in total. The van der Waals surface area contributed by atoms with Crippen LogP contribution in [0.1, 0.15) is 5.69 Å². The lowest BCUT2D eigenvalue weighted by atomic mass is 10.1. The summed E-state index contributed by atoms with van der Waals surface area (Å²) in [4.78, 5) is 15.1. The topological polar surface area (TPSA) is 51.3 Å². The van der Waals surface area contributed by atoms with E-state index in [1.54, 1.807) is 13.0 Å². The third kappa shape index (κ3) is 1.85. The van der Waals surface area contributed by atoms with Crippen molar-refractivity contribution in [2.75, 3.05) is 14.2 Å². The first-order valence-electron chi connectivity index (χ1n) is 5.02. The lowest BCUT2D eigenvalue weighted by molar-refractivity contribution is 0.409. The Morgan fingerprint density at radius 1 is 1.24 bits per heavy atom. The molecular weight excluding hydrogens is 242 g/mol. The Labute approximate surface area is 103 Å². The number of methoxy groups -OCH3 is 2. The van der Waals surface area contributed by atoms with E-state index in [0.717, 1.165) is 5.69 Å². The van der Waals surface area contributed by atoms with Crippen LogP contribution in [0.3, 0.4) is 0 Å². The third-order valence-corrected chi connectivity index (χ3v) is 2.82. The molecule has 0 saturated heterocycles. The van der Waals surface area contributed by atoms with Crippen molar-refractivity contribution in [1.29, 1.82) is 0 Å². The van der Waals surface area contributed by atoms with Crippen LogP contribution in [-0.2, 0) is 0 Å². The predicted octanol–water partition coefficient (Wildman–Crippen LogP) is 2.51. The van der Waals surface area contributed by atoms with E-state index < -0.39 is 0 Å². The summed E-state index contributed by atoms with van der Waals surface area (Å²) in [6.45, 7) is 1.81. The maximum atomic E-state index is 12.0. The molecule has 2 rings (SSSR count). The molecule has 0 spiro atoms. The van der Waals surface area contributed by atoms with Crippen LogP contribution in [0.5, 0.6) is 11.5 Å². The second-order valence-corrected chi connectivity index (χ2v) is 4.07. The van der Waals surface area contributed by atoms with Gasteiger partial charge in [0.05, 0.1) is 30.1 Å². The fraction of sp³-hybridized carbons (Fsp3) is 0.250. The molecule has 0 aliphatic carbocycles. The Bertz CT molecular complexity index is 634. The Morgan fingerprint density at radius 2 is 1.94 bits per heavy atom. The highest BCUT2D eigenvalue weighted by Gasteiger charge is 2.15. The molecule has 90 valence electrons. The van der Waals surface area contributed by atoms with Crippen molar-refractivity contribution in [1.82, 2.24) is 4.98 Å². The van der Waals surface area contributed by atoms with Gasteiger partial charge in [0.2, 0.25) is 0 Å². The third-order valence-electron chi connectivity index (χ3n) is 2.54. The van der Waals surface area contributed by atoms with Crippen molar-refractivity contribution in [3.8, 4) is 11.5 Å². The monoisotopic (exact) mass is 253 g/mol. The van der Waals surface area contributed by atoms with Crippen molar-refractivity contribution in [3.05, 3.63) is 33.1 Å².